The predicted molar refractivity (Wildman–Crippen MR) is 214 cm³/mol. The van der Waals surface area contributed by atoms with E-state index in [4.69, 9.17) is 25.5 Å². The molecule has 3 aromatic carbocycles. The second-order valence-electron chi connectivity index (χ2n) is 14.9. The number of amides is 2. The number of aryl methyl sites for hydroxylation is 2. The van der Waals surface area contributed by atoms with Crippen molar-refractivity contribution in [2.24, 2.45) is 13.0 Å². The molecule has 0 bridgehead atoms. The van der Waals surface area contributed by atoms with E-state index < -0.39 is 64.5 Å². The number of aromatic nitrogens is 5. The van der Waals surface area contributed by atoms with E-state index in [0.29, 0.717) is 38.7 Å². The number of aliphatic hydroxyl groups is 1. The van der Waals surface area contributed by atoms with Crippen molar-refractivity contribution in [2.45, 2.75) is 49.9 Å². The van der Waals surface area contributed by atoms with Crippen LogP contribution in [0.15, 0.2) is 103 Å². The molecule has 4 unspecified atom stereocenters. The molecule has 16 nitrogen and oxygen atoms in total. The molecule has 1 aliphatic carbocycles. The molecule has 60 heavy (non-hydrogen) atoms. The molecule has 1 saturated heterocycles. The molecule has 0 radical (unpaired) electrons. The number of ether oxygens (including phenoxy) is 2. The second-order valence-corrected chi connectivity index (χ2v) is 15.3. The fourth-order valence-corrected chi connectivity index (χ4v) is 9.31. The van der Waals surface area contributed by atoms with Crippen LogP contribution in [0.3, 0.4) is 0 Å². The minimum atomic E-state index is -1.68. The van der Waals surface area contributed by atoms with Crippen LogP contribution in [0, 0.1) is 11.7 Å². The van der Waals surface area contributed by atoms with E-state index in [-0.39, 0.29) is 48.8 Å². The molecule has 4 atom stereocenters. The van der Waals surface area contributed by atoms with Crippen molar-refractivity contribution in [2.75, 3.05) is 19.6 Å². The number of aliphatic hydroxyl groups excluding tert-OH is 1. The van der Waals surface area contributed by atoms with Crippen LogP contribution in [0.2, 0.25) is 5.02 Å². The quantitative estimate of drug-likeness (QED) is 0.151. The van der Waals surface area contributed by atoms with Gasteiger partial charge in [0.15, 0.2) is 11.5 Å². The molecule has 6 aromatic rings. The zero-order chi connectivity index (χ0) is 42.2. The topological polar surface area (TPSA) is 185 Å². The zero-order valence-electron chi connectivity index (χ0n) is 32.4. The highest BCUT2D eigenvalue weighted by molar-refractivity contribution is 6.30. The lowest BCUT2D eigenvalue weighted by Gasteiger charge is -2.47. The minimum Gasteiger partial charge on any atom is -0.493 e. The zero-order valence-corrected chi connectivity index (χ0v) is 33.2. The molecule has 0 spiro atoms. The molecule has 2 aliphatic heterocycles. The first-order valence-electron chi connectivity index (χ1n) is 19.0. The first-order valence-corrected chi connectivity index (χ1v) is 19.4. The number of methoxy groups -OCH3 is 2. The summed E-state index contributed by atoms with van der Waals surface area (Å²) in [4.78, 5) is 76.7. The number of nitrogens with zero attached hydrogens (tertiary/aromatic N) is 6. The van der Waals surface area contributed by atoms with Crippen molar-refractivity contribution in [1.29, 1.82) is 0 Å². The Labute approximate surface area is 344 Å². The van der Waals surface area contributed by atoms with Crippen molar-refractivity contribution in [3.8, 4) is 11.5 Å². The van der Waals surface area contributed by atoms with E-state index in [1.54, 1.807) is 61.7 Å². The first kappa shape index (κ1) is 38.8. The maximum atomic E-state index is 15.2. The Morgan fingerprint density at radius 1 is 0.967 bits per heavy atom. The van der Waals surface area contributed by atoms with Crippen LogP contribution in [0.4, 0.5) is 10.1 Å². The first-order chi connectivity index (χ1) is 28.9. The van der Waals surface area contributed by atoms with Crippen LogP contribution >= 0.6 is 11.6 Å². The van der Waals surface area contributed by atoms with Gasteiger partial charge in [0.25, 0.3) is 17.4 Å². The molecular weight excluding hydrogens is 801 g/mol. The number of anilines is 1. The summed E-state index contributed by atoms with van der Waals surface area (Å²) in [5.74, 6) is -2.68. The number of hydrogen-bond donors (Lipinski definition) is 2. The van der Waals surface area contributed by atoms with E-state index in [2.05, 4.69) is 10.4 Å². The van der Waals surface area contributed by atoms with Gasteiger partial charge in [-0.15, -0.1) is 0 Å². The smallest absolute Gasteiger partial charge is 0.347 e. The highest BCUT2D eigenvalue weighted by atomic mass is 35.5. The normalized spacial score (nSPS) is 20.8. The van der Waals surface area contributed by atoms with Gasteiger partial charge < -0.3 is 23.6 Å². The molecule has 2 amide bonds. The molecule has 9 rings (SSSR count). The lowest BCUT2D eigenvalue weighted by Crippen LogP contribution is -2.53. The number of carbonyl (C=O) groups excluding carboxylic acids is 2. The number of hydrazine groups is 1. The number of fused-ring (bicyclic) bond motifs is 5. The van der Waals surface area contributed by atoms with Crippen LogP contribution in [0.5, 0.6) is 11.5 Å². The third-order valence-electron chi connectivity index (χ3n) is 11.9. The third-order valence-corrected chi connectivity index (χ3v) is 12.2. The lowest BCUT2D eigenvalue weighted by atomic mass is 9.54. The average Bonchev–Trinajstić information content (AvgIpc) is 3.89. The summed E-state index contributed by atoms with van der Waals surface area (Å²) in [5.41, 5.74) is 1.76. The molecule has 3 aliphatic rings. The van der Waals surface area contributed by atoms with Gasteiger partial charge in [0.2, 0.25) is 0 Å². The highest BCUT2D eigenvalue weighted by Gasteiger charge is 2.69. The van der Waals surface area contributed by atoms with Gasteiger partial charge in [-0.05, 0) is 66.1 Å². The molecule has 2 fully saturated rings. The van der Waals surface area contributed by atoms with Crippen LogP contribution < -0.4 is 31.8 Å². The van der Waals surface area contributed by atoms with Crippen molar-refractivity contribution in [3.63, 3.8) is 0 Å². The van der Waals surface area contributed by atoms with E-state index in [1.165, 1.54) is 52.4 Å². The van der Waals surface area contributed by atoms with Crippen molar-refractivity contribution in [1.82, 2.24) is 28.5 Å². The Kier molecular flexibility index (Phi) is 9.39. The van der Waals surface area contributed by atoms with Gasteiger partial charge in [-0.25, -0.2) is 32.9 Å². The van der Waals surface area contributed by atoms with Crippen LogP contribution in [0.1, 0.15) is 41.2 Å². The standard InChI is InChI=1S/C42H37ClFN7O9/c1-47-32-20-35(59-3)34(58-2)19-30(32)45-29(38(47)54)15-16-48-40(56)49-17-14-27-31(51(49)41(48)57)18-28-37(53)50(46-25-10-8-24(44)9-11-25)39(55)42(28,22-4-6-23(43)7-5-22)36(27)33-13-12-26(21-52)60-33/h4-14,19-20,28,31,36,46,52H,15-18,21H2,1-3H3. The van der Waals surface area contributed by atoms with Gasteiger partial charge in [0, 0.05) is 37.2 Å². The number of rotatable bonds is 10. The highest BCUT2D eigenvalue weighted by Crippen LogP contribution is 2.62. The van der Waals surface area contributed by atoms with E-state index >= 15 is 4.79 Å². The summed E-state index contributed by atoms with van der Waals surface area (Å²) in [6.45, 7) is -0.716. The van der Waals surface area contributed by atoms with Gasteiger partial charge >= 0.3 is 11.4 Å². The Balaban J connectivity index is 1.16. The lowest BCUT2D eigenvalue weighted by molar-refractivity contribution is -0.138. The van der Waals surface area contributed by atoms with Gasteiger partial charge in [-0.3, -0.25) is 19.8 Å². The fourth-order valence-electron chi connectivity index (χ4n) is 9.19. The van der Waals surface area contributed by atoms with E-state index in [9.17, 15) is 28.7 Å². The maximum Gasteiger partial charge on any atom is 0.347 e. The minimum absolute atomic E-state index is 0.0701. The number of furan rings is 1. The van der Waals surface area contributed by atoms with Crippen molar-refractivity contribution >= 4 is 40.1 Å². The number of allylic oxidation sites excluding steroid dienone is 2. The fraction of sp³-hybridized carbons (Fsp3) is 0.286. The summed E-state index contributed by atoms with van der Waals surface area (Å²) in [7, 11) is 4.55. The van der Waals surface area contributed by atoms with Gasteiger partial charge in [-0.1, -0.05) is 29.8 Å². The molecule has 18 heteroatoms. The molecule has 3 aromatic heterocycles. The second kappa shape index (κ2) is 14.5. The average molecular weight is 838 g/mol. The van der Waals surface area contributed by atoms with E-state index in [1.807, 2.05) is 0 Å². The number of carbonyl (C=O) groups is 2. The molecular formula is C42H37ClFN7O9. The largest absolute Gasteiger partial charge is 0.493 e. The number of imide groups is 1. The van der Waals surface area contributed by atoms with Crippen molar-refractivity contribution in [3.05, 3.63) is 149 Å². The number of hydrogen-bond acceptors (Lipinski definition) is 11. The van der Waals surface area contributed by atoms with Gasteiger partial charge in [0.05, 0.1) is 55.4 Å². The Bertz CT molecular complexity index is 2950. The van der Waals surface area contributed by atoms with Crippen LogP contribution in [0.25, 0.3) is 11.0 Å². The summed E-state index contributed by atoms with van der Waals surface area (Å²) in [5, 5.41) is 11.4. The van der Waals surface area contributed by atoms with Gasteiger partial charge in [-0.2, -0.15) is 5.01 Å². The molecule has 2 N–H and O–H groups in total. The third kappa shape index (κ3) is 5.74. The maximum absolute atomic E-state index is 15.2. The summed E-state index contributed by atoms with van der Waals surface area (Å²) >= 11 is 6.34. The summed E-state index contributed by atoms with van der Waals surface area (Å²) < 4.78 is 36.0. The number of benzene rings is 3. The molecule has 1 saturated carbocycles. The van der Waals surface area contributed by atoms with Gasteiger partial charge in [0.1, 0.15) is 35.1 Å². The SMILES string of the molecule is COc1cc2nc(CCn3c(=O)n4n(c3=O)C3CC5C(=O)N(Nc6ccc(F)cc6)C(=O)C5(c5ccc(Cl)cc5)C(c5ccc(CO)o5)C3=CC4)c(=O)n(C)c2cc1OC. The summed E-state index contributed by atoms with van der Waals surface area (Å²) in [6.07, 6.45) is 1.61. The van der Waals surface area contributed by atoms with E-state index in [0.717, 1.165) is 9.58 Å². The Morgan fingerprint density at radius 3 is 2.37 bits per heavy atom. The van der Waals surface area contributed by atoms with Crippen LogP contribution in [-0.4, -0.2) is 59.6 Å². The monoisotopic (exact) mass is 837 g/mol. The summed E-state index contributed by atoms with van der Waals surface area (Å²) in [6, 6.07) is 17.3. The molecule has 308 valence electrons. The Morgan fingerprint density at radius 2 is 1.68 bits per heavy atom. The Hall–Kier alpha value is -6.72. The van der Waals surface area contributed by atoms with Crippen LogP contribution in [-0.2, 0) is 48.2 Å². The van der Waals surface area contributed by atoms with Crippen molar-refractivity contribution < 1.29 is 33.0 Å². The predicted octanol–water partition coefficient (Wildman–Crippen LogP) is 3.81. The number of halogens is 2. The molecule has 5 heterocycles. The number of nitrogens with one attached hydrogen (secondary N) is 1.